The first-order valence-corrected chi connectivity index (χ1v) is 3.64. The van der Waals surface area contributed by atoms with E-state index >= 15 is 0 Å². The van der Waals surface area contributed by atoms with E-state index in [9.17, 15) is 0 Å². The normalized spacial score (nSPS) is 10.0. The molecule has 0 saturated heterocycles. The first-order valence-electron chi connectivity index (χ1n) is 3.64. The highest BCUT2D eigenvalue weighted by molar-refractivity contribution is 5.33. The van der Waals surface area contributed by atoms with E-state index in [0.29, 0.717) is 5.82 Å². The predicted molar refractivity (Wildman–Crippen MR) is 46.8 cm³/mol. The Morgan fingerprint density at radius 2 is 2.00 bits per heavy atom. The van der Waals surface area contributed by atoms with Gasteiger partial charge in [-0.3, -0.25) is 0 Å². The van der Waals surface area contributed by atoms with E-state index in [2.05, 4.69) is 11.2 Å². The van der Waals surface area contributed by atoms with Gasteiger partial charge in [-0.1, -0.05) is 18.2 Å². The average Bonchev–Trinajstić information content (AvgIpc) is 2.54. The van der Waals surface area contributed by atoms with E-state index in [1.54, 1.807) is 10.9 Å². The predicted octanol–water partition coefficient (Wildman–Crippen LogP) is 1.25. The smallest absolute Gasteiger partial charge is 0.153 e. The lowest BCUT2D eigenvalue weighted by Crippen LogP contribution is -1.95. The summed E-state index contributed by atoms with van der Waals surface area (Å²) in [5, 5.41) is 4.02. The van der Waals surface area contributed by atoms with Crippen LogP contribution in [0.5, 0.6) is 0 Å². The van der Waals surface area contributed by atoms with Crippen LogP contribution in [0.3, 0.4) is 0 Å². The van der Waals surface area contributed by atoms with Crippen molar-refractivity contribution in [3.8, 4) is 5.69 Å². The number of hydrogen-bond donors (Lipinski definition) is 1. The third-order valence-corrected chi connectivity index (χ3v) is 1.57. The lowest BCUT2D eigenvalue weighted by molar-refractivity contribution is 0.886. The Labute approximate surface area is 70.4 Å². The van der Waals surface area contributed by atoms with Crippen LogP contribution >= 0.6 is 0 Å². The summed E-state index contributed by atoms with van der Waals surface area (Å²) < 4.78 is 1.69. The summed E-state index contributed by atoms with van der Waals surface area (Å²) in [4.78, 5) is 0. The van der Waals surface area contributed by atoms with Gasteiger partial charge in [-0.15, -0.1) is 0 Å². The summed E-state index contributed by atoms with van der Waals surface area (Å²) in [7, 11) is 0. The molecule has 1 radical (unpaired) electrons. The van der Waals surface area contributed by atoms with E-state index in [1.807, 2.05) is 30.3 Å². The maximum Gasteiger partial charge on any atom is 0.153 e. The number of para-hydroxylation sites is 1. The Bertz CT molecular complexity index is 364. The lowest BCUT2D eigenvalue weighted by atomic mass is 10.3. The second kappa shape index (κ2) is 2.70. The molecule has 2 N–H and O–H groups in total. The van der Waals surface area contributed by atoms with Gasteiger partial charge < -0.3 is 5.73 Å². The van der Waals surface area contributed by atoms with Gasteiger partial charge in [0.25, 0.3) is 0 Å². The van der Waals surface area contributed by atoms with E-state index in [0.717, 1.165) is 5.69 Å². The summed E-state index contributed by atoms with van der Waals surface area (Å²) in [6.07, 6.45) is 1.71. The maximum absolute atomic E-state index is 5.43. The van der Waals surface area contributed by atoms with Crippen molar-refractivity contribution in [3.05, 3.63) is 42.6 Å². The minimum absolute atomic E-state index is 0.416. The van der Waals surface area contributed by atoms with E-state index in [4.69, 9.17) is 5.73 Å². The van der Waals surface area contributed by atoms with Gasteiger partial charge in [-0.05, 0) is 12.1 Å². The standard InChI is InChI=1S/C9H8N3/c10-9-6-7-12(11-9)8-4-2-1-3-5-8/h1-5,7H,(H2,10,11). The topological polar surface area (TPSA) is 43.8 Å². The van der Waals surface area contributed by atoms with Gasteiger partial charge in [0.15, 0.2) is 5.82 Å². The summed E-state index contributed by atoms with van der Waals surface area (Å²) in [5.74, 6) is 0.416. The van der Waals surface area contributed by atoms with Crippen molar-refractivity contribution in [2.24, 2.45) is 0 Å². The molecule has 0 bridgehead atoms. The largest absolute Gasteiger partial charge is 0.382 e. The van der Waals surface area contributed by atoms with Crippen LogP contribution in [-0.4, -0.2) is 9.78 Å². The number of nitrogens with zero attached hydrogens (tertiary/aromatic N) is 2. The van der Waals surface area contributed by atoms with Crippen molar-refractivity contribution in [2.45, 2.75) is 0 Å². The molecule has 0 amide bonds. The van der Waals surface area contributed by atoms with E-state index < -0.39 is 0 Å². The van der Waals surface area contributed by atoms with Gasteiger partial charge in [-0.2, -0.15) is 5.10 Å². The van der Waals surface area contributed by atoms with Crippen LogP contribution in [0.15, 0.2) is 36.5 Å². The molecule has 1 aromatic heterocycles. The molecule has 3 nitrogen and oxygen atoms in total. The molecule has 59 valence electrons. The molecule has 0 fully saturated rings. The van der Waals surface area contributed by atoms with Crippen molar-refractivity contribution in [3.63, 3.8) is 0 Å². The molecule has 1 aromatic carbocycles. The van der Waals surface area contributed by atoms with Crippen molar-refractivity contribution in [1.82, 2.24) is 9.78 Å². The fourth-order valence-electron chi connectivity index (χ4n) is 1.01. The summed E-state index contributed by atoms with van der Waals surface area (Å²) in [5.41, 5.74) is 6.42. The van der Waals surface area contributed by atoms with Crippen molar-refractivity contribution in [1.29, 1.82) is 0 Å². The van der Waals surface area contributed by atoms with E-state index in [-0.39, 0.29) is 0 Å². The SMILES string of the molecule is Nc1[c]cn(-c2ccccc2)n1. The zero-order valence-corrected chi connectivity index (χ0v) is 6.44. The highest BCUT2D eigenvalue weighted by Gasteiger charge is 1.95. The van der Waals surface area contributed by atoms with Crippen molar-refractivity contribution < 1.29 is 0 Å². The molecule has 12 heavy (non-hydrogen) atoms. The molecular weight excluding hydrogens is 150 g/mol. The van der Waals surface area contributed by atoms with Crippen LogP contribution in [0.25, 0.3) is 5.69 Å². The Morgan fingerprint density at radius 3 is 2.58 bits per heavy atom. The molecule has 0 spiro atoms. The van der Waals surface area contributed by atoms with Crippen LogP contribution < -0.4 is 5.73 Å². The van der Waals surface area contributed by atoms with Gasteiger partial charge in [0.2, 0.25) is 0 Å². The van der Waals surface area contributed by atoms with Gasteiger partial charge in [0, 0.05) is 12.3 Å². The highest BCUT2D eigenvalue weighted by Crippen LogP contribution is 2.06. The Hall–Kier alpha value is -1.77. The van der Waals surface area contributed by atoms with Crippen LogP contribution in [0, 0.1) is 6.07 Å². The molecular formula is C9H8N3. The molecule has 0 aliphatic carbocycles. The summed E-state index contributed by atoms with van der Waals surface area (Å²) >= 11 is 0. The van der Waals surface area contributed by atoms with Crippen LogP contribution in [0.4, 0.5) is 5.82 Å². The molecule has 2 aromatic rings. The second-order valence-corrected chi connectivity index (χ2v) is 2.44. The molecule has 0 atom stereocenters. The Balaban J connectivity index is 2.45. The number of nitrogens with two attached hydrogens (primary N) is 1. The second-order valence-electron chi connectivity index (χ2n) is 2.44. The van der Waals surface area contributed by atoms with Crippen LogP contribution in [0.1, 0.15) is 0 Å². The summed E-state index contributed by atoms with van der Waals surface area (Å²) in [6, 6.07) is 12.6. The number of rotatable bonds is 1. The average molecular weight is 158 g/mol. The molecule has 0 unspecified atom stereocenters. The Morgan fingerprint density at radius 1 is 1.25 bits per heavy atom. The monoisotopic (exact) mass is 158 g/mol. The van der Waals surface area contributed by atoms with E-state index in [1.165, 1.54) is 0 Å². The fraction of sp³-hybridized carbons (Fsp3) is 0. The molecule has 3 heteroatoms. The molecule has 2 rings (SSSR count). The zero-order chi connectivity index (χ0) is 8.39. The number of nitrogen functional groups attached to an aromatic ring is 1. The fourth-order valence-corrected chi connectivity index (χ4v) is 1.01. The molecule has 0 saturated carbocycles. The minimum atomic E-state index is 0.416. The van der Waals surface area contributed by atoms with Gasteiger partial charge >= 0.3 is 0 Å². The molecule has 1 heterocycles. The number of benzene rings is 1. The first kappa shape index (κ1) is 6.91. The quantitative estimate of drug-likeness (QED) is 0.678. The van der Waals surface area contributed by atoms with Crippen molar-refractivity contribution >= 4 is 5.82 Å². The van der Waals surface area contributed by atoms with Crippen molar-refractivity contribution in [2.75, 3.05) is 5.73 Å². The first-order chi connectivity index (χ1) is 5.86. The van der Waals surface area contributed by atoms with Gasteiger partial charge in [0.05, 0.1) is 5.69 Å². The minimum Gasteiger partial charge on any atom is -0.382 e. The third-order valence-electron chi connectivity index (χ3n) is 1.57. The maximum atomic E-state index is 5.43. The highest BCUT2D eigenvalue weighted by atomic mass is 15.3. The third kappa shape index (κ3) is 1.16. The summed E-state index contributed by atoms with van der Waals surface area (Å²) in [6.45, 7) is 0. The lowest BCUT2D eigenvalue weighted by Gasteiger charge is -1.98. The Kier molecular flexibility index (Phi) is 1.55. The van der Waals surface area contributed by atoms with Crippen LogP contribution in [0.2, 0.25) is 0 Å². The van der Waals surface area contributed by atoms with Gasteiger partial charge in [0.1, 0.15) is 0 Å². The molecule has 0 aliphatic heterocycles. The molecule has 0 aliphatic rings. The zero-order valence-electron chi connectivity index (χ0n) is 6.44. The van der Waals surface area contributed by atoms with Gasteiger partial charge in [-0.25, -0.2) is 4.68 Å². The number of hydrogen-bond acceptors (Lipinski definition) is 2. The number of aromatic nitrogens is 2. The number of anilines is 1. The van der Waals surface area contributed by atoms with Crippen LogP contribution in [-0.2, 0) is 0 Å².